The zero-order valence-electron chi connectivity index (χ0n) is 12.6. The van der Waals surface area contributed by atoms with E-state index in [4.69, 9.17) is 0 Å². The molecule has 1 aliphatic rings. The molecule has 1 aliphatic heterocycles. The predicted octanol–water partition coefficient (Wildman–Crippen LogP) is 1.17. The molecule has 3 atom stereocenters. The Morgan fingerprint density at radius 2 is 2.11 bits per heavy atom. The molecule has 1 amide bonds. The summed E-state index contributed by atoms with van der Waals surface area (Å²) in [5.74, 6) is 0.561. The highest BCUT2D eigenvalue weighted by molar-refractivity contribution is 5.79. The first-order chi connectivity index (χ1) is 8.45. The second kappa shape index (κ2) is 7.10. The van der Waals surface area contributed by atoms with Gasteiger partial charge in [-0.2, -0.15) is 0 Å². The Labute approximate surface area is 112 Å². The van der Waals surface area contributed by atoms with Crippen molar-refractivity contribution in [3.63, 3.8) is 0 Å². The summed E-state index contributed by atoms with van der Waals surface area (Å²) in [5, 5.41) is 3.41. The Morgan fingerprint density at radius 1 is 1.44 bits per heavy atom. The average molecular weight is 255 g/mol. The van der Waals surface area contributed by atoms with Gasteiger partial charge in [0.15, 0.2) is 0 Å². The van der Waals surface area contributed by atoms with Crippen molar-refractivity contribution in [2.45, 2.75) is 45.7 Å². The van der Waals surface area contributed by atoms with E-state index in [1.165, 1.54) is 0 Å². The number of nitrogens with one attached hydrogen (secondary N) is 1. The van der Waals surface area contributed by atoms with Crippen molar-refractivity contribution in [3.05, 3.63) is 0 Å². The number of amides is 1. The van der Waals surface area contributed by atoms with E-state index in [-0.39, 0.29) is 5.92 Å². The van der Waals surface area contributed by atoms with Crippen molar-refractivity contribution < 1.29 is 4.79 Å². The molecule has 3 unspecified atom stereocenters. The highest BCUT2D eigenvalue weighted by Gasteiger charge is 2.30. The summed E-state index contributed by atoms with van der Waals surface area (Å²) in [7, 11) is 4.11. The fourth-order valence-corrected chi connectivity index (χ4v) is 2.90. The van der Waals surface area contributed by atoms with Crippen molar-refractivity contribution in [2.75, 3.05) is 33.7 Å². The van der Waals surface area contributed by atoms with E-state index < -0.39 is 0 Å². The molecule has 0 radical (unpaired) electrons. The highest BCUT2D eigenvalue weighted by Crippen LogP contribution is 2.20. The minimum atomic E-state index is 0.214. The van der Waals surface area contributed by atoms with Crippen LogP contribution in [-0.2, 0) is 4.79 Å². The van der Waals surface area contributed by atoms with E-state index in [0.717, 1.165) is 32.5 Å². The van der Waals surface area contributed by atoms with E-state index in [1.54, 1.807) is 0 Å². The smallest absolute Gasteiger partial charge is 0.226 e. The van der Waals surface area contributed by atoms with Crippen LogP contribution in [0.4, 0.5) is 0 Å². The Kier molecular flexibility index (Phi) is 6.09. The molecule has 0 aromatic heterocycles. The molecule has 4 heteroatoms. The Hall–Kier alpha value is -0.610. The largest absolute Gasteiger partial charge is 0.339 e. The summed E-state index contributed by atoms with van der Waals surface area (Å²) < 4.78 is 0. The summed E-state index contributed by atoms with van der Waals surface area (Å²) in [6, 6.07) is 0.762. The van der Waals surface area contributed by atoms with Gasteiger partial charge < -0.3 is 15.1 Å². The number of carbonyl (C=O) groups is 1. The molecule has 0 saturated carbocycles. The molecule has 0 aromatic carbocycles. The van der Waals surface area contributed by atoms with Gasteiger partial charge in [0.1, 0.15) is 0 Å². The van der Waals surface area contributed by atoms with Crippen molar-refractivity contribution in [1.82, 2.24) is 15.1 Å². The van der Waals surface area contributed by atoms with Crippen LogP contribution in [0.25, 0.3) is 0 Å². The number of rotatable bonds is 5. The number of hydrogen-bond acceptors (Lipinski definition) is 3. The van der Waals surface area contributed by atoms with Gasteiger partial charge in [-0.25, -0.2) is 0 Å². The first kappa shape index (κ1) is 15.4. The van der Waals surface area contributed by atoms with Crippen molar-refractivity contribution in [3.8, 4) is 0 Å². The molecule has 1 fully saturated rings. The van der Waals surface area contributed by atoms with Gasteiger partial charge in [-0.1, -0.05) is 0 Å². The normalized spacial score (nSPS) is 26.1. The lowest BCUT2D eigenvalue weighted by Crippen LogP contribution is -2.49. The summed E-state index contributed by atoms with van der Waals surface area (Å²) in [6.07, 6.45) is 1.96. The lowest BCUT2D eigenvalue weighted by molar-refractivity contribution is -0.138. The van der Waals surface area contributed by atoms with Gasteiger partial charge in [0.25, 0.3) is 0 Å². The number of hydrogen-bond donors (Lipinski definition) is 1. The predicted molar refractivity (Wildman–Crippen MR) is 75.6 cm³/mol. The maximum absolute atomic E-state index is 12.6. The van der Waals surface area contributed by atoms with Crippen LogP contribution >= 0.6 is 0 Å². The molecule has 0 bridgehead atoms. The molecule has 1 heterocycles. The Balaban J connectivity index is 2.60. The zero-order valence-corrected chi connectivity index (χ0v) is 12.6. The first-order valence-corrected chi connectivity index (χ1v) is 7.14. The van der Waals surface area contributed by atoms with Crippen molar-refractivity contribution >= 4 is 5.91 Å². The van der Waals surface area contributed by atoms with Crippen molar-refractivity contribution in [2.24, 2.45) is 5.92 Å². The van der Waals surface area contributed by atoms with Gasteiger partial charge >= 0.3 is 0 Å². The van der Waals surface area contributed by atoms with Crippen LogP contribution < -0.4 is 5.32 Å². The maximum atomic E-state index is 12.6. The van der Waals surface area contributed by atoms with Crippen LogP contribution in [0.5, 0.6) is 0 Å². The van der Waals surface area contributed by atoms with E-state index in [2.05, 4.69) is 45.1 Å². The molecule has 106 valence electrons. The monoisotopic (exact) mass is 255 g/mol. The average Bonchev–Trinajstić information content (AvgIpc) is 2.28. The minimum Gasteiger partial charge on any atom is -0.339 e. The topological polar surface area (TPSA) is 35.6 Å². The van der Waals surface area contributed by atoms with Crippen LogP contribution in [0, 0.1) is 5.92 Å². The lowest BCUT2D eigenvalue weighted by Gasteiger charge is -2.35. The first-order valence-electron chi connectivity index (χ1n) is 7.14. The third-order valence-corrected chi connectivity index (χ3v) is 3.76. The van der Waals surface area contributed by atoms with E-state index in [9.17, 15) is 4.79 Å². The van der Waals surface area contributed by atoms with Gasteiger partial charge in [0, 0.05) is 31.1 Å². The van der Waals surface area contributed by atoms with Crippen LogP contribution in [0.1, 0.15) is 33.6 Å². The summed E-state index contributed by atoms with van der Waals surface area (Å²) in [5.41, 5.74) is 0. The second-order valence-electron chi connectivity index (χ2n) is 5.81. The summed E-state index contributed by atoms with van der Waals surface area (Å²) >= 11 is 0. The van der Waals surface area contributed by atoms with Crippen LogP contribution in [0.3, 0.4) is 0 Å². The maximum Gasteiger partial charge on any atom is 0.226 e. The van der Waals surface area contributed by atoms with E-state index in [0.29, 0.717) is 18.0 Å². The highest BCUT2D eigenvalue weighted by atomic mass is 16.2. The molecule has 1 rings (SSSR count). The van der Waals surface area contributed by atoms with Gasteiger partial charge in [-0.15, -0.1) is 0 Å². The quantitative estimate of drug-likeness (QED) is 0.801. The Bertz CT molecular complexity index is 268. The van der Waals surface area contributed by atoms with Crippen LogP contribution in [0.15, 0.2) is 0 Å². The molecule has 4 nitrogen and oxygen atoms in total. The summed E-state index contributed by atoms with van der Waals surface area (Å²) in [4.78, 5) is 16.8. The van der Waals surface area contributed by atoms with Crippen molar-refractivity contribution in [1.29, 1.82) is 0 Å². The SMILES string of the molecule is CCN(C(=O)C1CCNC(C)C1)C(C)CN(C)C. The summed E-state index contributed by atoms with van der Waals surface area (Å²) in [6.45, 7) is 9.10. The Morgan fingerprint density at radius 3 is 2.61 bits per heavy atom. The van der Waals surface area contributed by atoms with E-state index >= 15 is 0 Å². The molecule has 18 heavy (non-hydrogen) atoms. The van der Waals surface area contributed by atoms with Crippen LogP contribution in [-0.4, -0.2) is 61.5 Å². The zero-order chi connectivity index (χ0) is 13.7. The fraction of sp³-hybridized carbons (Fsp3) is 0.929. The number of nitrogens with zero attached hydrogens (tertiary/aromatic N) is 2. The molecule has 1 saturated heterocycles. The third-order valence-electron chi connectivity index (χ3n) is 3.76. The fourth-order valence-electron chi connectivity index (χ4n) is 2.90. The van der Waals surface area contributed by atoms with E-state index in [1.807, 2.05) is 4.90 Å². The molecule has 1 N–H and O–H groups in total. The molecule has 0 aliphatic carbocycles. The van der Waals surface area contributed by atoms with Gasteiger partial charge in [-0.3, -0.25) is 4.79 Å². The molecule has 0 spiro atoms. The molecule has 0 aromatic rings. The van der Waals surface area contributed by atoms with Gasteiger partial charge in [-0.05, 0) is 54.3 Å². The second-order valence-corrected chi connectivity index (χ2v) is 5.81. The number of carbonyl (C=O) groups excluding carboxylic acids is 1. The third kappa shape index (κ3) is 4.25. The standard InChI is InChI=1S/C14H29N3O/c1-6-17(12(3)10-16(4)5)14(18)13-7-8-15-11(2)9-13/h11-13,15H,6-10H2,1-5H3. The van der Waals surface area contributed by atoms with Gasteiger partial charge in [0.2, 0.25) is 5.91 Å². The van der Waals surface area contributed by atoms with Gasteiger partial charge in [0.05, 0.1) is 0 Å². The number of piperidine rings is 1. The number of likely N-dealkylation sites (N-methyl/N-ethyl adjacent to an activating group) is 2. The molecular weight excluding hydrogens is 226 g/mol. The molecular formula is C14H29N3O. The lowest BCUT2D eigenvalue weighted by atomic mass is 9.91. The minimum absolute atomic E-state index is 0.214. The van der Waals surface area contributed by atoms with Crippen LogP contribution in [0.2, 0.25) is 0 Å².